The number of hydrogen-bond donors (Lipinski definition) is 2. The van der Waals surface area contributed by atoms with Crippen molar-refractivity contribution < 1.29 is 4.79 Å². The van der Waals surface area contributed by atoms with E-state index in [0.29, 0.717) is 12.1 Å². The number of carbonyl (C=O) groups is 1. The number of aromatic nitrogens is 3. The lowest BCUT2D eigenvalue weighted by atomic mass is 10.2. The van der Waals surface area contributed by atoms with Crippen LogP contribution in [-0.2, 0) is 6.54 Å². The van der Waals surface area contributed by atoms with Gasteiger partial charge in [0.05, 0.1) is 11.9 Å². The highest BCUT2D eigenvalue weighted by molar-refractivity contribution is 5.93. The largest absolute Gasteiger partial charge is 0.348 e. The molecule has 6 heteroatoms. The van der Waals surface area contributed by atoms with E-state index in [1.807, 2.05) is 35.0 Å². The molecule has 0 unspecified atom stereocenters. The molecule has 110 valence electrons. The smallest absolute Gasteiger partial charge is 0.253 e. The predicted octanol–water partition coefficient (Wildman–Crippen LogP) is 1.49. The van der Waals surface area contributed by atoms with Gasteiger partial charge in [0.15, 0.2) is 0 Å². The van der Waals surface area contributed by atoms with Gasteiger partial charge in [0.2, 0.25) is 5.56 Å². The van der Waals surface area contributed by atoms with Crippen molar-refractivity contribution in [2.24, 2.45) is 0 Å². The van der Waals surface area contributed by atoms with Gasteiger partial charge in [0.25, 0.3) is 5.91 Å². The Morgan fingerprint density at radius 3 is 2.64 bits per heavy atom. The third-order valence-electron chi connectivity index (χ3n) is 3.24. The number of hydrogen-bond acceptors (Lipinski definition) is 3. The fraction of sp³-hybridized carbons (Fsp3) is 0.0625. The average molecular weight is 294 g/mol. The van der Waals surface area contributed by atoms with E-state index in [0.717, 1.165) is 11.3 Å². The van der Waals surface area contributed by atoms with E-state index in [-0.39, 0.29) is 11.5 Å². The van der Waals surface area contributed by atoms with Crippen LogP contribution in [0.5, 0.6) is 0 Å². The second-order valence-electron chi connectivity index (χ2n) is 4.76. The van der Waals surface area contributed by atoms with Crippen molar-refractivity contribution in [2.45, 2.75) is 6.54 Å². The van der Waals surface area contributed by atoms with E-state index in [9.17, 15) is 9.59 Å². The van der Waals surface area contributed by atoms with Crippen LogP contribution < -0.4 is 10.9 Å². The van der Waals surface area contributed by atoms with Gasteiger partial charge < -0.3 is 14.9 Å². The van der Waals surface area contributed by atoms with Gasteiger partial charge in [0.1, 0.15) is 0 Å². The molecular formula is C16H14N4O2. The molecule has 22 heavy (non-hydrogen) atoms. The van der Waals surface area contributed by atoms with Gasteiger partial charge >= 0.3 is 0 Å². The van der Waals surface area contributed by atoms with Crippen LogP contribution in [0.2, 0.25) is 0 Å². The van der Waals surface area contributed by atoms with Crippen LogP contribution in [0.3, 0.4) is 0 Å². The van der Waals surface area contributed by atoms with Gasteiger partial charge in [-0.25, -0.2) is 4.98 Å². The lowest BCUT2D eigenvalue weighted by Gasteiger charge is -2.07. The van der Waals surface area contributed by atoms with Crippen LogP contribution in [-0.4, -0.2) is 20.4 Å². The summed E-state index contributed by atoms with van der Waals surface area (Å²) in [4.78, 5) is 29.4. The first kappa shape index (κ1) is 13.8. The van der Waals surface area contributed by atoms with Crippen LogP contribution >= 0.6 is 0 Å². The molecule has 1 aromatic carbocycles. The third-order valence-corrected chi connectivity index (χ3v) is 3.24. The zero-order valence-corrected chi connectivity index (χ0v) is 11.7. The molecule has 0 aliphatic heterocycles. The molecule has 0 spiro atoms. The summed E-state index contributed by atoms with van der Waals surface area (Å²) < 4.78 is 1.91. The Kier molecular flexibility index (Phi) is 3.82. The summed E-state index contributed by atoms with van der Waals surface area (Å²) in [5.41, 5.74) is 2.19. The van der Waals surface area contributed by atoms with E-state index in [1.54, 1.807) is 12.5 Å². The molecule has 1 amide bonds. The molecule has 0 aliphatic rings. The van der Waals surface area contributed by atoms with Crippen molar-refractivity contribution in [1.29, 1.82) is 0 Å². The van der Waals surface area contributed by atoms with E-state index < -0.39 is 0 Å². The number of pyridine rings is 1. The molecule has 0 saturated heterocycles. The third kappa shape index (κ3) is 3.12. The number of amides is 1. The minimum atomic E-state index is -0.230. The summed E-state index contributed by atoms with van der Waals surface area (Å²) in [7, 11) is 0. The highest BCUT2D eigenvalue weighted by Gasteiger charge is 2.05. The molecule has 0 aliphatic carbocycles. The Bertz CT molecular complexity index is 800. The van der Waals surface area contributed by atoms with Crippen LogP contribution in [0.15, 0.2) is 66.1 Å². The second-order valence-corrected chi connectivity index (χ2v) is 4.76. The highest BCUT2D eigenvalue weighted by Crippen LogP contribution is 2.09. The molecule has 2 heterocycles. The Morgan fingerprint density at radius 2 is 2.00 bits per heavy atom. The van der Waals surface area contributed by atoms with Crippen molar-refractivity contribution in [1.82, 2.24) is 19.9 Å². The van der Waals surface area contributed by atoms with Crippen LogP contribution in [0.4, 0.5) is 0 Å². The Morgan fingerprint density at radius 1 is 1.18 bits per heavy atom. The maximum absolute atomic E-state index is 11.9. The van der Waals surface area contributed by atoms with Gasteiger partial charge in [-0.3, -0.25) is 9.59 Å². The minimum Gasteiger partial charge on any atom is -0.348 e. The Hall–Kier alpha value is -3.15. The van der Waals surface area contributed by atoms with E-state index in [4.69, 9.17) is 0 Å². The summed E-state index contributed by atoms with van der Waals surface area (Å²) in [6, 6.07) is 10.6. The van der Waals surface area contributed by atoms with E-state index >= 15 is 0 Å². The van der Waals surface area contributed by atoms with Gasteiger partial charge in [-0.15, -0.1) is 0 Å². The summed E-state index contributed by atoms with van der Waals surface area (Å²) in [5.74, 6) is -0.227. The zero-order valence-electron chi connectivity index (χ0n) is 11.7. The number of carbonyl (C=O) groups excluding carboxylic acids is 1. The van der Waals surface area contributed by atoms with Crippen molar-refractivity contribution >= 4 is 5.91 Å². The van der Waals surface area contributed by atoms with Crippen LogP contribution in [0.1, 0.15) is 15.9 Å². The predicted molar refractivity (Wildman–Crippen MR) is 81.8 cm³/mol. The van der Waals surface area contributed by atoms with E-state index in [2.05, 4.69) is 15.3 Å². The Labute approximate surface area is 126 Å². The van der Waals surface area contributed by atoms with Gasteiger partial charge in [-0.1, -0.05) is 12.1 Å². The lowest BCUT2D eigenvalue weighted by Crippen LogP contribution is -2.23. The van der Waals surface area contributed by atoms with Crippen molar-refractivity contribution in [3.63, 3.8) is 0 Å². The van der Waals surface area contributed by atoms with Gasteiger partial charge in [-0.05, 0) is 23.8 Å². The SMILES string of the molecule is O=C(NCc1ccc(-n2ccnc2)cc1)c1ccc(=O)[nH]c1. The number of aromatic amines is 1. The molecule has 0 fully saturated rings. The quantitative estimate of drug-likeness (QED) is 0.765. The number of H-pyrrole nitrogens is 1. The van der Waals surface area contributed by atoms with Crippen LogP contribution in [0.25, 0.3) is 5.69 Å². The molecule has 2 aromatic heterocycles. The zero-order chi connectivity index (χ0) is 15.4. The highest BCUT2D eigenvalue weighted by atomic mass is 16.1. The standard InChI is InChI=1S/C16H14N4O2/c21-15-6-3-13(10-18-15)16(22)19-9-12-1-4-14(5-2-12)20-8-7-17-11-20/h1-8,10-11H,9H2,(H,18,21)(H,19,22). The molecule has 0 atom stereocenters. The molecule has 0 bridgehead atoms. The summed E-state index contributed by atoms with van der Waals surface area (Å²) in [5, 5.41) is 2.81. The maximum atomic E-state index is 11.9. The van der Waals surface area contributed by atoms with Crippen molar-refractivity contribution in [2.75, 3.05) is 0 Å². The molecule has 0 saturated carbocycles. The van der Waals surface area contributed by atoms with Crippen molar-refractivity contribution in [3.05, 3.63) is 82.8 Å². The Balaban J connectivity index is 1.63. The van der Waals surface area contributed by atoms with Gasteiger partial charge in [-0.2, -0.15) is 0 Å². The minimum absolute atomic E-state index is 0.227. The molecular weight excluding hydrogens is 280 g/mol. The van der Waals surface area contributed by atoms with E-state index in [1.165, 1.54) is 18.3 Å². The topological polar surface area (TPSA) is 79.8 Å². The number of nitrogens with zero attached hydrogens (tertiary/aromatic N) is 2. The molecule has 3 aromatic rings. The average Bonchev–Trinajstić information content (AvgIpc) is 3.08. The molecule has 3 rings (SSSR count). The fourth-order valence-electron chi connectivity index (χ4n) is 2.03. The fourth-order valence-corrected chi connectivity index (χ4v) is 2.03. The summed E-state index contributed by atoms with van der Waals surface area (Å²) >= 11 is 0. The van der Waals surface area contributed by atoms with Gasteiger partial charge in [0, 0.05) is 36.9 Å². The number of rotatable bonds is 4. The summed E-state index contributed by atoms with van der Waals surface area (Å²) in [6.45, 7) is 0.419. The van der Waals surface area contributed by atoms with Crippen molar-refractivity contribution in [3.8, 4) is 5.69 Å². The lowest BCUT2D eigenvalue weighted by molar-refractivity contribution is 0.0950. The monoisotopic (exact) mass is 294 g/mol. The number of imidazole rings is 1. The summed E-state index contributed by atoms with van der Waals surface area (Å²) in [6.07, 6.45) is 6.72. The second kappa shape index (κ2) is 6.09. The molecule has 6 nitrogen and oxygen atoms in total. The van der Waals surface area contributed by atoms with Crippen LogP contribution in [0, 0.1) is 0 Å². The first-order valence-electron chi connectivity index (χ1n) is 6.76. The number of benzene rings is 1. The number of nitrogens with one attached hydrogen (secondary N) is 2. The molecule has 2 N–H and O–H groups in total. The molecule has 0 radical (unpaired) electrons. The first-order valence-corrected chi connectivity index (χ1v) is 6.76. The normalized spacial score (nSPS) is 10.4. The maximum Gasteiger partial charge on any atom is 0.253 e. The first-order chi connectivity index (χ1) is 10.7.